The van der Waals surface area contributed by atoms with Crippen molar-refractivity contribution in [2.45, 2.75) is 45.1 Å². The average molecular weight is 399 g/mol. The second-order valence-electron chi connectivity index (χ2n) is 7.58. The molecule has 4 rings (SSSR count). The number of H-pyrrole nitrogens is 1. The largest absolute Gasteiger partial charge is 0.492 e. The highest BCUT2D eigenvalue weighted by molar-refractivity contribution is 5.90. The molecule has 2 heterocycles. The van der Waals surface area contributed by atoms with Crippen LogP contribution in [-0.4, -0.2) is 36.3 Å². The van der Waals surface area contributed by atoms with E-state index in [-0.39, 0.29) is 17.3 Å². The third-order valence-electron chi connectivity index (χ3n) is 5.61. The Kier molecular flexibility index (Phi) is 6.60. The fraction of sp³-hybridized carbons (Fsp3) is 0.571. The summed E-state index contributed by atoms with van der Waals surface area (Å²) in [7, 11) is 1.62. The van der Waals surface area contributed by atoms with E-state index in [9.17, 15) is 9.59 Å². The Bertz CT molecular complexity index is 1020. The van der Waals surface area contributed by atoms with Crippen molar-refractivity contribution < 1.29 is 4.74 Å². The topological polar surface area (TPSA) is 117 Å². The van der Waals surface area contributed by atoms with Gasteiger partial charge in [0.05, 0.1) is 24.3 Å². The van der Waals surface area contributed by atoms with E-state index in [1.54, 1.807) is 11.7 Å². The van der Waals surface area contributed by atoms with Gasteiger partial charge in [0.2, 0.25) is 0 Å². The zero-order chi connectivity index (χ0) is 21.0. The summed E-state index contributed by atoms with van der Waals surface area (Å²) in [5.74, 6) is 1.34. The summed E-state index contributed by atoms with van der Waals surface area (Å²) in [5.41, 5.74) is 5.87. The second-order valence-corrected chi connectivity index (χ2v) is 7.58. The lowest BCUT2D eigenvalue weighted by atomic mass is 10.1. The summed E-state index contributed by atoms with van der Waals surface area (Å²) in [4.78, 5) is 29.4. The van der Waals surface area contributed by atoms with Crippen molar-refractivity contribution in [1.29, 1.82) is 5.26 Å². The Morgan fingerprint density at radius 2 is 2.07 bits per heavy atom. The van der Waals surface area contributed by atoms with Crippen molar-refractivity contribution in [3.8, 4) is 11.8 Å². The molecule has 0 bridgehead atoms. The van der Waals surface area contributed by atoms with Crippen LogP contribution in [0.5, 0.6) is 5.75 Å². The molecule has 29 heavy (non-hydrogen) atoms. The quantitative estimate of drug-likeness (QED) is 0.795. The standard InChI is InChI=1S/C18H23N3O3.C3H6N2/c1-3-11-8-9-20(10-11)14-7-6-13-15(16(14)24-2)21(12-4-5-12)18(23)19-17(13)22;4-2-1-3-5/h6-7,11-12H,3-5,8-10H2,1-2H3,(H,19,22,23);1-2,4H2. The van der Waals surface area contributed by atoms with Crippen LogP contribution in [-0.2, 0) is 0 Å². The van der Waals surface area contributed by atoms with Gasteiger partial charge in [0.1, 0.15) is 5.52 Å². The Labute approximate surface area is 169 Å². The molecule has 1 aliphatic carbocycles. The van der Waals surface area contributed by atoms with E-state index >= 15 is 0 Å². The van der Waals surface area contributed by atoms with Crippen LogP contribution in [0, 0.1) is 17.2 Å². The van der Waals surface area contributed by atoms with Crippen molar-refractivity contribution in [2.24, 2.45) is 11.7 Å². The number of nitriles is 1. The zero-order valence-corrected chi connectivity index (χ0v) is 17.1. The normalized spacial score (nSPS) is 18.3. The second kappa shape index (κ2) is 9.14. The van der Waals surface area contributed by atoms with Gasteiger partial charge in [0.25, 0.3) is 5.56 Å². The van der Waals surface area contributed by atoms with Gasteiger partial charge in [0.15, 0.2) is 5.75 Å². The Morgan fingerprint density at radius 1 is 1.31 bits per heavy atom. The van der Waals surface area contributed by atoms with Gasteiger partial charge < -0.3 is 15.4 Å². The first-order valence-electron chi connectivity index (χ1n) is 10.2. The molecule has 2 aromatic rings. The molecule has 0 spiro atoms. The zero-order valence-electron chi connectivity index (χ0n) is 17.1. The van der Waals surface area contributed by atoms with Gasteiger partial charge in [-0.05, 0) is 37.3 Å². The molecule has 8 nitrogen and oxygen atoms in total. The van der Waals surface area contributed by atoms with Crippen molar-refractivity contribution in [3.63, 3.8) is 0 Å². The van der Waals surface area contributed by atoms with Crippen LogP contribution in [0.1, 0.15) is 45.1 Å². The van der Waals surface area contributed by atoms with Gasteiger partial charge in [-0.25, -0.2) is 4.79 Å². The van der Waals surface area contributed by atoms with E-state index in [2.05, 4.69) is 16.8 Å². The van der Waals surface area contributed by atoms with Crippen molar-refractivity contribution in [1.82, 2.24) is 9.55 Å². The van der Waals surface area contributed by atoms with Gasteiger partial charge in [0, 0.05) is 32.1 Å². The van der Waals surface area contributed by atoms with Gasteiger partial charge in [-0.1, -0.05) is 13.3 Å². The Morgan fingerprint density at radius 3 is 2.59 bits per heavy atom. The number of anilines is 1. The van der Waals surface area contributed by atoms with Crippen LogP contribution in [0.4, 0.5) is 5.69 Å². The molecular weight excluding hydrogens is 370 g/mol. The maximum Gasteiger partial charge on any atom is 0.329 e. The minimum absolute atomic E-state index is 0.169. The van der Waals surface area contributed by atoms with E-state index in [0.717, 1.165) is 31.6 Å². The van der Waals surface area contributed by atoms with E-state index in [1.807, 2.05) is 18.2 Å². The highest BCUT2D eigenvalue weighted by Gasteiger charge is 2.31. The summed E-state index contributed by atoms with van der Waals surface area (Å²) < 4.78 is 7.43. The maximum absolute atomic E-state index is 12.4. The summed E-state index contributed by atoms with van der Waals surface area (Å²) in [6.07, 6.45) is 4.74. The first kappa shape index (κ1) is 20.9. The molecule has 1 aliphatic heterocycles. The van der Waals surface area contributed by atoms with Gasteiger partial charge >= 0.3 is 5.69 Å². The summed E-state index contributed by atoms with van der Waals surface area (Å²) >= 11 is 0. The number of nitrogens with zero attached hydrogens (tertiary/aromatic N) is 3. The fourth-order valence-corrected chi connectivity index (χ4v) is 3.89. The molecule has 2 fully saturated rings. The number of aromatic nitrogens is 2. The monoisotopic (exact) mass is 399 g/mol. The number of fused-ring (bicyclic) bond motifs is 1. The predicted octanol–water partition coefficient (Wildman–Crippen LogP) is 2.13. The lowest BCUT2D eigenvalue weighted by Crippen LogP contribution is -2.30. The number of aromatic amines is 1. The molecule has 8 heteroatoms. The van der Waals surface area contributed by atoms with Crippen LogP contribution in [0.25, 0.3) is 10.9 Å². The van der Waals surface area contributed by atoms with Gasteiger partial charge in [-0.15, -0.1) is 0 Å². The van der Waals surface area contributed by atoms with E-state index in [0.29, 0.717) is 35.5 Å². The molecule has 1 saturated carbocycles. The minimum atomic E-state index is -0.343. The first-order chi connectivity index (χ1) is 14.0. The van der Waals surface area contributed by atoms with Crippen LogP contribution in [0.3, 0.4) is 0 Å². The van der Waals surface area contributed by atoms with E-state index in [4.69, 9.17) is 15.7 Å². The minimum Gasteiger partial charge on any atom is -0.492 e. The third kappa shape index (κ3) is 4.30. The van der Waals surface area contributed by atoms with Crippen LogP contribution < -0.4 is 26.6 Å². The predicted molar refractivity (Wildman–Crippen MR) is 114 cm³/mol. The highest BCUT2D eigenvalue weighted by atomic mass is 16.5. The number of hydrogen-bond donors (Lipinski definition) is 2. The lowest BCUT2D eigenvalue weighted by molar-refractivity contribution is 0.416. The highest BCUT2D eigenvalue weighted by Crippen LogP contribution is 2.42. The molecule has 2 aliphatic rings. The lowest BCUT2D eigenvalue weighted by Gasteiger charge is -2.23. The third-order valence-corrected chi connectivity index (χ3v) is 5.61. The number of nitrogens with one attached hydrogen (secondary N) is 1. The summed E-state index contributed by atoms with van der Waals surface area (Å²) in [5, 5.41) is 8.26. The van der Waals surface area contributed by atoms with Crippen LogP contribution in [0.15, 0.2) is 21.7 Å². The van der Waals surface area contributed by atoms with Crippen molar-refractivity contribution >= 4 is 16.6 Å². The Balaban J connectivity index is 0.000000431. The molecule has 1 unspecified atom stereocenters. The molecular formula is C21H29N5O3. The molecule has 0 radical (unpaired) electrons. The van der Waals surface area contributed by atoms with Crippen LogP contribution >= 0.6 is 0 Å². The average Bonchev–Trinajstić information content (AvgIpc) is 3.43. The number of nitrogens with two attached hydrogens (primary N) is 1. The number of ether oxygens (including phenoxy) is 1. The summed E-state index contributed by atoms with van der Waals surface area (Å²) in [6.45, 7) is 4.68. The number of hydrogen-bond acceptors (Lipinski definition) is 6. The smallest absolute Gasteiger partial charge is 0.329 e. The SMILES string of the molecule is CCC1CCN(c2ccc3c(=O)[nH]c(=O)n(C4CC4)c3c2OC)C1.N#CCCN. The molecule has 1 aromatic carbocycles. The van der Waals surface area contributed by atoms with Crippen molar-refractivity contribution in [2.75, 3.05) is 31.6 Å². The molecule has 3 N–H and O–H groups in total. The summed E-state index contributed by atoms with van der Waals surface area (Å²) in [6, 6.07) is 5.84. The molecule has 0 amide bonds. The van der Waals surface area contributed by atoms with Gasteiger partial charge in [-0.2, -0.15) is 5.26 Å². The van der Waals surface area contributed by atoms with Crippen molar-refractivity contribution in [3.05, 3.63) is 33.0 Å². The number of rotatable bonds is 5. The number of benzene rings is 1. The fourth-order valence-electron chi connectivity index (χ4n) is 3.89. The molecule has 1 atom stereocenters. The number of methoxy groups -OCH3 is 1. The van der Waals surface area contributed by atoms with E-state index in [1.165, 1.54) is 12.8 Å². The molecule has 156 valence electrons. The van der Waals surface area contributed by atoms with E-state index < -0.39 is 0 Å². The molecule has 1 aromatic heterocycles. The van der Waals surface area contributed by atoms with Gasteiger partial charge in [-0.3, -0.25) is 14.3 Å². The first-order valence-corrected chi connectivity index (χ1v) is 10.2. The molecule has 1 saturated heterocycles. The van der Waals surface area contributed by atoms with Crippen LogP contribution in [0.2, 0.25) is 0 Å². The Hall–Kier alpha value is -2.79. The maximum atomic E-state index is 12.4.